The molecule has 0 saturated carbocycles. The number of hydrogen-bond donors (Lipinski definition) is 1. The normalized spacial score (nSPS) is 25.4. The van der Waals surface area contributed by atoms with Crippen molar-refractivity contribution in [1.29, 1.82) is 0 Å². The molecule has 114 valence electrons. The van der Waals surface area contributed by atoms with E-state index in [1.54, 1.807) is 16.2 Å². The van der Waals surface area contributed by atoms with Crippen LogP contribution in [0.5, 0.6) is 0 Å². The van der Waals surface area contributed by atoms with E-state index in [-0.39, 0.29) is 24.3 Å². The highest BCUT2D eigenvalue weighted by atomic mass is 32.1. The Hall–Kier alpha value is -1.40. The first-order chi connectivity index (χ1) is 10.1. The van der Waals surface area contributed by atoms with Crippen molar-refractivity contribution in [3.8, 4) is 0 Å². The van der Waals surface area contributed by atoms with Crippen LogP contribution >= 0.6 is 11.3 Å². The summed E-state index contributed by atoms with van der Waals surface area (Å²) in [5.41, 5.74) is 1.18. The van der Waals surface area contributed by atoms with Gasteiger partial charge in [0.15, 0.2) is 0 Å². The fourth-order valence-electron chi connectivity index (χ4n) is 3.20. The number of hydrogen-bond acceptors (Lipinski definition) is 4. The number of carboxylic acid groups (broad SMARTS) is 1. The van der Waals surface area contributed by atoms with E-state index in [2.05, 4.69) is 11.4 Å². The lowest BCUT2D eigenvalue weighted by molar-refractivity contribution is -0.148. The van der Waals surface area contributed by atoms with Gasteiger partial charge in [-0.05, 0) is 36.3 Å². The number of aliphatic carboxylic acids is 1. The van der Waals surface area contributed by atoms with Crippen molar-refractivity contribution < 1.29 is 19.4 Å². The lowest BCUT2D eigenvalue weighted by Gasteiger charge is -2.35. The maximum atomic E-state index is 12.8. The van der Waals surface area contributed by atoms with Gasteiger partial charge in [0.25, 0.3) is 0 Å². The maximum Gasteiger partial charge on any atom is 0.306 e. The highest BCUT2D eigenvalue weighted by molar-refractivity contribution is 7.10. The van der Waals surface area contributed by atoms with Gasteiger partial charge in [0, 0.05) is 18.0 Å². The summed E-state index contributed by atoms with van der Waals surface area (Å²) in [6.07, 6.45) is 2.58. The Kier molecular flexibility index (Phi) is 4.26. The largest absolute Gasteiger partial charge is 0.481 e. The minimum absolute atomic E-state index is 0.0435. The molecule has 1 aliphatic heterocycles. The van der Waals surface area contributed by atoms with E-state index in [0.29, 0.717) is 19.7 Å². The topological polar surface area (TPSA) is 66.8 Å². The zero-order valence-electron chi connectivity index (χ0n) is 11.8. The van der Waals surface area contributed by atoms with Crippen LogP contribution in [0.1, 0.15) is 35.6 Å². The fourth-order valence-corrected chi connectivity index (χ4v) is 4.19. The second kappa shape index (κ2) is 6.15. The predicted molar refractivity (Wildman–Crippen MR) is 78.6 cm³/mol. The first-order valence-electron chi connectivity index (χ1n) is 7.33. The number of aryl methyl sites for hydroxylation is 1. The van der Waals surface area contributed by atoms with E-state index in [1.807, 2.05) is 0 Å². The van der Waals surface area contributed by atoms with E-state index >= 15 is 0 Å². The monoisotopic (exact) mass is 309 g/mol. The Bertz CT molecular complexity index is 542. The Morgan fingerprint density at radius 1 is 1.48 bits per heavy atom. The Labute approximate surface area is 127 Å². The van der Waals surface area contributed by atoms with E-state index in [4.69, 9.17) is 9.84 Å². The van der Waals surface area contributed by atoms with Crippen molar-refractivity contribution in [2.75, 3.05) is 19.7 Å². The SMILES string of the molecule is O=C(O)CC1CN(C(=O)C2CCCc3sccc32)CCO1. The molecule has 21 heavy (non-hydrogen) atoms. The predicted octanol–water partition coefficient (Wildman–Crippen LogP) is 1.87. The molecule has 1 aromatic rings. The molecule has 0 aromatic carbocycles. The zero-order valence-corrected chi connectivity index (χ0v) is 12.6. The summed E-state index contributed by atoms with van der Waals surface area (Å²) in [5, 5.41) is 10.9. The molecule has 3 rings (SSSR count). The number of ether oxygens (including phenoxy) is 1. The van der Waals surface area contributed by atoms with Gasteiger partial charge < -0.3 is 14.7 Å². The number of nitrogens with zero attached hydrogens (tertiary/aromatic N) is 1. The molecule has 1 saturated heterocycles. The molecule has 0 radical (unpaired) electrons. The van der Waals surface area contributed by atoms with Crippen LogP contribution in [0.3, 0.4) is 0 Å². The molecule has 5 nitrogen and oxygen atoms in total. The molecule has 1 fully saturated rings. The van der Waals surface area contributed by atoms with Crippen LogP contribution < -0.4 is 0 Å². The highest BCUT2D eigenvalue weighted by Crippen LogP contribution is 2.36. The zero-order chi connectivity index (χ0) is 14.8. The molecule has 0 bridgehead atoms. The third kappa shape index (κ3) is 3.11. The minimum Gasteiger partial charge on any atom is -0.481 e. The number of rotatable bonds is 3. The molecule has 6 heteroatoms. The molecule has 1 aliphatic carbocycles. The van der Waals surface area contributed by atoms with Crippen LogP contribution in [-0.2, 0) is 20.7 Å². The Morgan fingerprint density at radius 2 is 2.33 bits per heavy atom. The standard InChI is InChI=1S/C15H19NO4S/c17-14(18)8-10-9-16(5-6-20-10)15(19)12-2-1-3-13-11(12)4-7-21-13/h4,7,10,12H,1-3,5-6,8-9H2,(H,17,18). The van der Waals surface area contributed by atoms with Crippen molar-refractivity contribution in [1.82, 2.24) is 4.90 Å². The lowest BCUT2D eigenvalue weighted by Crippen LogP contribution is -2.48. The highest BCUT2D eigenvalue weighted by Gasteiger charge is 2.33. The number of thiophene rings is 1. The van der Waals surface area contributed by atoms with E-state index in [0.717, 1.165) is 19.3 Å². The van der Waals surface area contributed by atoms with Gasteiger partial charge in [-0.2, -0.15) is 0 Å². The van der Waals surface area contributed by atoms with Crippen molar-refractivity contribution in [3.05, 3.63) is 21.9 Å². The van der Waals surface area contributed by atoms with Crippen LogP contribution in [-0.4, -0.2) is 47.7 Å². The molecule has 2 unspecified atom stereocenters. The van der Waals surface area contributed by atoms with E-state index in [9.17, 15) is 9.59 Å². The summed E-state index contributed by atoms with van der Waals surface area (Å²) in [6, 6.07) is 2.07. The average Bonchev–Trinajstić information content (AvgIpc) is 2.94. The van der Waals surface area contributed by atoms with Gasteiger partial charge in [-0.3, -0.25) is 9.59 Å². The van der Waals surface area contributed by atoms with Crippen LogP contribution in [0.15, 0.2) is 11.4 Å². The van der Waals surface area contributed by atoms with Crippen LogP contribution in [0, 0.1) is 0 Å². The van der Waals surface area contributed by atoms with Crippen molar-refractivity contribution in [3.63, 3.8) is 0 Å². The summed E-state index contributed by atoms with van der Waals surface area (Å²) in [7, 11) is 0. The number of amides is 1. The smallest absolute Gasteiger partial charge is 0.306 e. The van der Waals surface area contributed by atoms with E-state index in [1.165, 1.54) is 10.4 Å². The summed E-state index contributed by atoms with van der Waals surface area (Å²) < 4.78 is 5.44. The minimum atomic E-state index is -0.882. The molecule has 2 aliphatic rings. The molecule has 2 atom stereocenters. The van der Waals surface area contributed by atoms with Crippen LogP contribution in [0.4, 0.5) is 0 Å². The van der Waals surface area contributed by atoms with Gasteiger partial charge in [0.05, 0.1) is 25.0 Å². The summed E-state index contributed by atoms with van der Waals surface area (Å²) in [4.78, 5) is 26.7. The third-order valence-corrected chi connectivity index (χ3v) is 5.20. The molecule has 1 aromatic heterocycles. The number of carboxylic acids is 1. The molecule has 1 amide bonds. The van der Waals surface area contributed by atoms with Gasteiger partial charge >= 0.3 is 5.97 Å². The first-order valence-corrected chi connectivity index (χ1v) is 8.21. The van der Waals surface area contributed by atoms with Crippen molar-refractivity contribution in [2.24, 2.45) is 0 Å². The molecule has 0 spiro atoms. The maximum absolute atomic E-state index is 12.8. The Morgan fingerprint density at radius 3 is 3.14 bits per heavy atom. The number of morpholine rings is 1. The first kappa shape index (κ1) is 14.5. The van der Waals surface area contributed by atoms with Gasteiger partial charge in [0.1, 0.15) is 0 Å². The van der Waals surface area contributed by atoms with E-state index < -0.39 is 5.97 Å². The molecular weight excluding hydrogens is 290 g/mol. The summed E-state index contributed by atoms with van der Waals surface area (Å²) >= 11 is 1.73. The van der Waals surface area contributed by atoms with Crippen molar-refractivity contribution >= 4 is 23.2 Å². The van der Waals surface area contributed by atoms with Crippen molar-refractivity contribution in [2.45, 2.75) is 37.7 Å². The average molecular weight is 309 g/mol. The number of carbonyl (C=O) groups is 2. The molecule has 1 N–H and O–H groups in total. The van der Waals surface area contributed by atoms with Gasteiger partial charge in [-0.25, -0.2) is 0 Å². The van der Waals surface area contributed by atoms with Crippen LogP contribution in [0.25, 0.3) is 0 Å². The molecule has 2 heterocycles. The summed E-state index contributed by atoms with van der Waals surface area (Å²) in [5.74, 6) is -0.802. The van der Waals surface area contributed by atoms with Gasteiger partial charge in [0.2, 0.25) is 5.91 Å². The number of fused-ring (bicyclic) bond motifs is 1. The fraction of sp³-hybridized carbons (Fsp3) is 0.600. The van der Waals surface area contributed by atoms with Crippen LogP contribution in [0.2, 0.25) is 0 Å². The third-order valence-electron chi connectivity index (χ3n) is 4.20. The second-order valence-corrected chi connectivity index (χ2v) is 6.62. The quantitative estimate of drug-likeness (QED) is 0.925. The summed E-state index contributed by atoms with van der Waals surface area (Å²) in [6.45, 7) is 1.37. The van der Waals surface area contributed by atoms with Gasteiger partial charge in [-0.1, -0.05) is 0 Å². The lowest BCUT2D eigenvalue weighted by atomic mass is 9.86. The molecular formula is C15H19NO4S. The van der Waals surface area contributed by atoms with Gasteiger partial charge in [-0.15, -0.1) is 11.3 Å². The second-order valence-electron chi connectivity index (χ2n) is 5.62. The number of carbonyl (C=O) groups excluding carboxylic acids is 1. The Balaban J connectivity index is 1.70.